The Hall–Kier alpha value is -1.93. The number of carbonyl (C=O) groups is 3. The SMILES string of the molecule is C=CC(=O)N1CN(C)C2(CCN(C(C)C(=O)N[C@H](C(=O)O)C(C)C)CC2)C1. The van der Waals surface area contributed by atoms with Crippen molar-refractivity contribution in [3.8, 4) is 0 Å². The monoisotopic (exact) mass is 380 g/mol. The minimum atomic E-state index is -1.01. The number of likely N-dealkylation sites (tertiary alicyclic amines) is 1. The quantitative estimate of drug-likeness (QED) is 0.646. The number of likely N-dealkylation sites (N-methyl/N-ethyl adjacent to an activating group) is 1. The second-order valence-electron chi connectivity index (χ2n) is 8.08. The first kappa shape index (κ1) is 21.4. The zero-order valence-electron chi connectivity index (χ0n) is 16.8. The van der Waals surface area contributed by atoms with Crippen molar-refractivity contribution >= 4 is 17.8 Å². The van der Waals surface area contributed by atoms with Crippen molar-refractivity contribution in [2.45, 2.75) is 51.2 Å². The number of carbonyl (C=O) groups excluding carboxylic acids is 2. The van der Waals surface area contributed by atoms with E-state index in [4.69, 9.17) is 0 Å². The Balaban J connectivity index is 1.94. The molecule has 0 bridgehead atoms. The molecule has 2 rings (SSSR count). The van der Waals surface area contributed by atoms with Crippen LogP contribution in [0.1, 0.15) is 33.6 Å². The van der Waals surface area contributed by atoms with E-state index in [1.165, 1.54) is 6.08 Å². The van der Waals surface area contributed by atoms with E-state index in [0.717, 1.165) is 25.9 Å². The summed E-state index contributed by atoms with van der Waals surface area (Å²) >= 11 is 0. The Morgan fingerprint density at radius 3 is 2.26 bits per heavy atom. The summed E-state index contributed by atoms with van der Waals surface area (Å²) in [5.74, 6) is -1.50. The molecular formula is C19H32N4O4. The van der Waals surface area contributed by atoms with Gasteiger partial charge in [0.05, 0.1) is 12.7 Å². The van der Waals surface area contributed by atoms with Gasteiger partial charge in [-0.15, -0.1) is 0 Å². The van der Waals surface area contributed by atoms with E-state index in [1.807, 2.05) is 14.0 Å². The first-order chi connectivity index (χ1) is 12.6. The van der Waals surface area contributed by atoms with E-state index in [1.54, 1.807) is 18.7 Å². The molecule has 0 aromatic heterocycles. The molecule has 2 aliphatic heterocycles. The van der Waals surface area contributed by atoms with Gasteiger partial charge in [-0.05, 0) is 38.8 Å². The molecule has 0 aromatic carbocycles. The molecule has 0 radical (unpaired) electrons. The van der Waals surface area contributed by atoms with Crippen molar-refractivity contribution in [3.05, 3.63) is 12.7 Å². The van der Waals surface area contributed by atoms with Crippen LogP contribution in [0.25, 0.3) is 0 Å². The van der Waals surface area contributed by atoms with Crippen molar-refractivity contribution in [2.24, 2.45) is 5.92 Å². The lowest BCUT2D eigenvalue weighted by Crippen LogP contribution is -2.58. The van der Waals surface area contributed by atoms with Gasteiger partial charge in [-0.25, -0.2) is 4.79 Å². The van der Waals surface area contributed by atoms with Gasteiger partial charge in [0.25, 0.3) is 0 Å². The number of nitrogens with one attached hydrogen (secondary N) is 1. The minimum absolute atomic E-state index is 0.0534. The lowest BCUT2D eigenvalue weighted by molar-refractivity contribution is -0.144. The summed E-state index contributed by atoms with van der Waals surface area (Å²) in [6.07, 6.45) is 3.06. The van der Waals surface area contributed by atoms with E-state index in [2.05, 4.69) is 21.7 Å². The van der Waals surface area contributed by atoms with Gasteiger partial charge in [-0.2, -0.15) is 0 Å². The van der Waals surface area contributed by atoms with Crippen LogP contribution in [0.2, 0.25) is 0 Å². The predicted octanol–water partition coefficient (Wildman–Crippen LogP) is 0.352. The number of hydrogen-bond acceptors (Lipinski definition) is 5. The van der Waals surface area contributed by atoms with Crippen LogP contribution in [-0.4, -0.2) is 88.6 Å². The van der Waals surface area contributed by atoms with Crippen LogP contribution >= 0.6 is 0 Å². The Labute approximate surface area is 161 Å². The molecule has 0 aliphatic carbocycles. The van der Waals surface area contributed by atoms with Gasteiger partial charge >= 0.3 is 5.97 Å². The van der Waals surface area contributed by atoms with Crippen molar-refractivity contribution in [2.75, 3.05) is 33.4 Å². The molecule has 0 aromatic rings. The zero-order valence-corrected chi connectivity index (χ0v) is 16.8. The van der Waals surface area contributed by atoms with Gasteiger partial charge in [0.15, 0.2) is 0 Å². The van der Waals surface area contributed by atoms with Crippen LogP contribution in [0.5, 0.6) is 0 Å². The summed E-state index contributed by atoms with van der Waals surface area (Å²) in [5.41, 5.74) is -0.0626. The van der Waals surface area contributed by atoms with E-state index in [-0.39, 0.29) is 29.3 Å². The van der Waals surface area contributed by atoms with Gasteiger partial charge in [-0.1, -0.05) is 20.4 Å². The summed E-state index contributed by atoms with van der Waals surface area (Å²) in [5, 5.41) is 11.9. The van der Waals surface area contributed by atoms with E-state index in [9.17, 15) is 19.5 Å². The maximum atomic E-state index is 12.5. The molecule has 2 fully saturated rings. The predicted molar refractivity (Wildman–Crippen MR) is 102 cm³/mol. The molecule has 2 atom stereocenters. The first-order valence-corrected chi connectivity index (χ1v) is 9.51. The average molecular weight is 380 g/mol. The largest absolute Gasteiger partial charge is 0.480 e. The van der Waals surface area contributed by atoms with Gasteiger partial charge in [0.2, 0.25) is 11.8 Å². The third-order valence-corrected chi connectivity index (χ3v) is 6.05. The molecule has 2 N–H and O–H groups in total. The molecule has 2 heterocycles. The van der Waals surface area contributed by atoms with Gasteiger partial charge in [-0.3, -0.25) is 19.4 Å². The molecule has 27 heavy (non-hydrogen) atoms. The van der Waals surface area contributed by atoms with E-state index in [0.29, 0.717) is 13.2 Å². The lowest BCUT2D eigenvalue weighted by Gasteiger charge is -2.44. The second kappa shape index (κ2) is 8.39. The van der Waals surface area contributed by atoms with Crippen LogP contribution in [0.15, 0.2) is 12.7 Å². The number of amides is 2. The molecule has 2 amide bonds. The van der Waals surface area contributed by atoms with Gasteiger partial charge < -0.3 is 15.3 Å². The van der Waals surface area contributed by atoms with Crippen LogP contribution in [0, 0.1) is 5.92 Å². The molecule has 2 aliphatic rings. The zero-order chi connectivity index (χ0) is 20.4. The number of piperidine rings is 1. The van der Waals surface area contributed by atoms with E-state index < -0.39 is 12.0 Å². The molecule has 1 unspecified atom stereocenters. The summed E-state index contributed by atoms with van der Waals surface area (Å²) < 4.78 is 0. The smallest absolute Gasteiger partial charge is 0.326 e. The molecule has 0 saturated carbocycles. The second-order valence-corrected chi connectivity index (χ2v) is 8.08. The van der Waals surface area contributed by atoms with Crippen molar-refractivity contribution in [1.29, 1.82) is 0 Å². The summed E-state index contributed by atoms with van der Waals surface area (Å²) in [4.78, 5) is 41.9. The summed E-state index contributed by atoms with van der Waals surface area (Å²) in [6, 6.07) is -1.27. The Kier molecular flexibility index (Phi) is 6.64. The van der Waals surface area contributed by atoms with Gasteiger partial charge in [0, 0.05) is 25.2 Å². The fourth-order valence-electron chi connectivity index (χ4n) is 4.03. The third-order valence-electron chi connectivity index (χ3n) is 6.05. The topological polar surface area (TPSA) is 93.2 Å². The summed E-state index contributed by atoms with van der Waals surface area (Å²) in [6.45, 7) is 11.7. The number of carboxylic acids is 1. The number of carboxylic acid groups (broad SMARTS) is 1. The fourth-order valence-corrected chi connectivity index (χ4v) is 4.03. The molecule has 1 spiro atoms. The minimum Gasteiger partial charge on any atom is -0.480 e. The fraction of sp³-hybridized carbons (Fsp3) is 0.737. The van der Waals surface area contributed by atoms with Crippen LogP contribution in [0.3, 0.4) is 0 Å². The van der Waals surface area contributed by atoms with Crippen LogP contribution in [0.4, 0.5) is 0 Å². The number of nitrogens with zero attached hydrogens (tertiary/aromatic N) is 3. The van der Waals surface area contributed by atoms with Crippen molar-refractivity contribution in [1.82, 2.24) is 20.0 Å². The number of hydrogen-bond donors (Lipinski definition) is 2. The van der Waals surface area contributed by atoms with E-state index >= 15 is 0 Å². The Morgan fingerprint density at radius 2 is 1.78 bits per heavy atom. The normalized spacial score (nSPS) is 22.6. The number of aliphatic carboxylic acids is 1. The van der Waals surface area contributed by atoms with Crippen LogP contribution < -0.4 is 5.32 Å². The standard InChI is InChI=1S/C19H32N4O4/c1-6-15(24)23-11-19(21(5)12-23)7-9-22(10-8-19)14(4)17(25)20-16(13(2)3)18(26)27/h6,13-14,16H,1,7-12H2,2-5H3,(H,20,25)(H,26,27)/t14?,16-/m0/s1. The highest BCUT2D eigenvalue weighted by atomic mass is 16.4. The highest BCUT2D eigenvalue weighted by molar-refractivity contribution is 5.87. The molecule has 8 heteroatoms. The Bertz CT molecular complexity index is 599. The number of rotatable bonds is 6. The van der Waals surface area contributed by atoms with Crippen molar-refractivity contribution < 1.29 is 19.5 Å². The molecular weight excluding hydrogens is 348 g/mol. The Morgan fingerprint density at radius 1 is 1.19 bits per heavy atom. The highest BCUT2D eigenvalue weighted by Gasteiger charge is 2.46. The maximum absolute atomic E-state index is 12.5. The highest BCUT2D eigenvalue weighted by Crippen LogP contribution is 2.34. The van der Waals surface area contributed by atoms with Crippen molar-refractivity contribution in [3.63, 3.8) is 0 Å². The first-order valence-electron chi connectivity index (χ1n) is 9.51. The molecule has 152 valence electrons. The molecule has 8 nitrogen and oxygen atoms in total. The maximum Gasteiger partial charge on any atom is 0.326 e. The average Bonchev–Trinajstić information content (AvgIpc) is 2.94. The lowest BCUT2D eigenvalue weighted by atomic mass is 9.86. The van der Waals surface area contributed by atoms with Crippen LogP contribution in [-0.2, 0) is 14.4 Å². The molecule has 2 saturated heterocycles. The van der Waals surface area contributed by atoms with Gasteiger partial charge in [0.1, 0.15) is 6.04 Å². The summed E-state index contributed by atoms with van der Waals surface area (Å²) in [7, 11) is 2.03. The third kappa shape index (κ3) is 4.50.